The van der Waals surface area contributed by atoms with Gasteiger partial charge in [-0.05, 0) is 50.7 Å². The van der Waals surface area contributed by atoms with Crippen molar-refractivity contribution in [3.63, 3.8) is 0 Å². The normalized spacial score (nSPS) is 20.0. The number of benzene rings is 1. The average molecular weight is 348 g/mol. The summed E-state index contributed by atoms with van der Waals surface area (Å²) in [5.74, 6) is 5.25. The molecule has 0 unspecified atom stereocenters. The maximum absolute atomic E-state index is 14.0. The van der Waals surface area contributed by atoms with Crippen LogP contribution in [-0.4, -0.2) is 6.61 Å². The third-order valence-electron chi connectivity index (χ3n) is 5.07. The van der Waals surface area contributed by atoms with Crippen molar-refractivity contribution >= 4 is 0 Å². The molecule has 1 aliphatic carbocycles. The van der Waals surface area contributed by atoms with Gasteiger partial charge in [0, 0.05) is 5.92 Å². The van der Waals surface area contributed by atoms with Gasteiger partial charge in [-0.25, -0.2) is 4.39 Å². The zero-order chi connectivity index (χ0) is 18.1. The first kappa shape index (κ1) is 19.8. The maximum atomic E-state index is 14.0. The Morgan fingerprint density at radius 3 is 2.44 bits per heavy atom. The molecule has 25 heavy (non-hydrogen) atoms. The van der Waals surface area contributed by atoms with Gasteiger partial charge in [-0.3, -0.25) is 0 Å². The summed E-state index contributed by atoms with van der Waals surface area (Å²) >= 11 is 0. The molecule has 1 aliphatic rings. The van der Waals surface area contributed by atoms with Gasteiger partial charge in [0.2, 0.25) is 5.82 Å². The highest BCUT2D eigenvalue weighted by Gasteiger charge is 2.19. The molecule has 0 bridgehead atoms. The standard InChI is InChI=1S/C22H30F2O/c1-3-5-6-7-8-17-9-11-18(12-10-17)13-14-19-15-16-20(25-4-2)22(24)21(19)23/h15-18H,3-12H2,1-2H3/t17-,18-. The molecule has 1 saturated carbocycles. The second-order valence-corrected chi connectivity index (χ2v) is 7.01. The molecule has 0 aliphatic heterocycles. The van der Waals surface area contributed by atoms with E-state index in [-0.39, 0.29) is 11.3 Å². The van der Waals surface area contributed by atoms with Gasteiger partial charge in [-0.1, -0.05) is 50.9 Å². The Bertz CT molecular complexity index is 592. The van der Waals surface area contributed by atoms with Crippen LogP contribution in [-0.2, 0) is 0 Å². The van der Waals surface area contributed by atoms with Crippen molar-refractivity contribution in [2.45, 2.75) is 71.6 Å². The Balaban J connectivity index is 1.85. The van der Waals surface area contributed by atoms with Crippen molar-refractivity contribution in [3.05, 3.63) is 29.3 Å². The van der Waals surface area contributed by atoms with Gasteiger partial charge in [-0.15, -0.1) is 0 Å². The van der Waals surface area contributed by atoms with Gasteiger partial charge in [0.25, 0.3) is 0 Å². The number of rotatable bonds is 7. The lowest BCUT2D eigenvalue weighted by atomic mass is 9.80. The minimum Gasteiger partial charge on any atom is -0.491 e. The van der Waals surface area contributed by atoms with E-state index in [0.717, 1.165) is 18.8 Å². The first-order chi connectivity index (χ1) is 12.2. The molecule has 0 radical (unpaired) electrons. The smallest absolute Gasteiger partial charge is 0.201 e. The van der Waals surface area contributed by atoms with Crippen LogP contribution in [0.1, 0.15) is 77.2 Å². The van der Waals surface area contributed by atoms with Crippen LogP contribution in [0.15, 0.2) is 12.1 Å². The van der Waals surface area contributed by atoms with E-state index in [1.54, 1.807) is 6.92 Å². The van der Waals surface area contributed by atoms with Crippen molar-refractivity contribution in [3.8, 4) is 17.6 Å². The monoisotopic (exact) mass is 348 g/mol. The summed E-state index contributed by atoms with van der Waals surface area (Å²) in [6.45, 7) is 4.29. The third-order valence-corrected chi connectivity index (χ3v) is 5.07. The van der Waals surface area contributed by atoms with Crippen LogP contribution in [0.2, 0.25) is 0 Å². The summed E-state index contributed by atoms with van der Waals surface area (Å²) in [5.41, 5.74) is 0.127. The van der Waals surface area contributed by atoms with E-state index in [4.69, 9.17) is 4.74 Å². The number of hydrogen-bond donors (Lipinski definition) is 0. The molecular formula is C22H30F2O. The van der Waals surface area contributed by atoms with Crippen LogP contribution in [0.3, 0.4) is 0 Å². The lowest BCUT2D eigenvalue weighted by Gasteiger charge is -2.25. The zero-order valence-corrected chi connectivity index (χ0v) is 15.5. The maximum Gasteiger partial charge on any atom is 0.201 e. The summed E-state index contributed by atoms with van der Waals surface area (Å²) in [6.07, 6.45) is 11.2. The van der Waals surface area contributed by atoms with Gasteiger partial charge >= 0.3 is 0 Å². The van der Waals surface area contributed by atoms with Crippen LogP contribution < -0.4 is 4.74 Å². The molecule has 0 aromatic heterocycles. The highest BCUT2D eigenvalue weighted by atomic mass is 19.2. The molecule has 0 spiro atoms. The van der Waals surface area contributed by atoms with E-state index < -0.39 is 11.6 Å². The Hall–Kier alpha value is -1.56. The summed E-state index contributed by atoms with van der Waals surface area (Å²) in [7, 11) is 0. The van der Waals surface area contributed by atoms with E-state index in [1.807, 2.05) is 0 Å². The molecule has 3 heteroatoms. The van der Waals surface area contributed by atoms with Crippen molar-refractivity contribution in [2.75, 3.05) is 6.61 Å². The first-order valence-corrected chi connectivity index (χ1v) is 9.78. The number of hydrogen-bond acceptors (Lipinski definition) is 1. The van der Waals surface area contributed by atoms with Crippen molar-refractivity contribution in [1.82, 2.24) is 0 Å². The molecule has 1 fully saturated rings. The molecule has 138 valence electrons. The Morgan fingerprint density at radius 2 is 1.76 bits per heavy atom. The zero-order valence-electron chi connectivity index (χ0n) is 15.5. The van der Waals surface area contributed by atoms with Crippen molar-refractivity contribution in [1.29, 1.82) is 0 Å². The van der Waals surface area contributed by atoms with Crippen molar-refractivity contribution < 1.29 is 13.5 Å². The van der Waals surface area contributed by atoms with Crippen LogP contribution in [0.25, 0.3) is 0 Å². The lowest BCUT2D eigenvalue weighted by Crippen LogP contribution is -2.13. The quantitative estimate of drug-likeness (QED) is 0.404. The number of unbranched alkanes of at least 4 members (excludes halogenated alkanes) is 3. The van der Waals surface area contributed by atoms with Crippen LogP contribution in [0.4, 0.5) is 8.78 Å². The highest BCUT2D eigenvalue weighted by molar-refractivity contribution is 5.41. The summed E-state index contributed by atoms with van der Waals surface area (Å²) in [4.78, 5) is 0. The first-order valence-electron chi connectivity index (χ1n) is 9.78. The molecule has 0 N–H and O–H groups in total. The van der Waals surface area contributed by atoms with Gasteiger partial charge in [0.1, 0.15) is 0 Å². The predicted molar refractivity (Wildman–Crippen MR) is 98.6 cm³/mol. The summed E-state index contributed by atoms with van der Waals surface area (Å²) in [6, 6.07) is 2.97. The molecule has 1 nitrogen and oxygen atoms in total. The van der Waals surface area contributed by atoms with E-state index in [2.05, 4.69) is 18.8 Å². The van der Waals surface area contributed by atoms with Gasteiger partial charge in [-0.2, -0.15) is 4.39 Å². The van der Waals surface area contributed by atoms with Crippen LogP contribution >= 0.6 is 0 Å². The molecule has 1 aromatic rings. The second kappa shape index (κ2) is 10.4. The van der Waals surface area contributed by atoms with Crippen LogP contribution in [0.5, 0.6) is 5.75 Å². The minimum atomic E-state index is -0.940. The average Bonchev–Trinajstić information content (AvgIpc) is 2.63. The fraction of sp³-hybridized carbons (Fsp3) is 0.636. The fourth-order valence-electron chi connectivity index (χ4n) is 3.53. The van der Waals surface area contributed by atoms with Gasteiger partial charge < -0.3 is 4.74 Å². The van der Waals surface area contributed by atoms with E-state index in [1.165, 1.54) is 57.1 Å². The van der Waals surface area contributed by atoms with Crippen LogP contribution in [0, 0.1) is 35.3 Å². The minimum absolute atomic E-state index is 0.0471. The predicted octanol–water partition coefficient (Wildman–Crippen LogP) is 6.49. The van der Waals surface area contributed by atoms with E-state index in [0.29, 0.717) is 12.5 Å². The number of ether oxygens (including phenoxy) is 1. The molecular weight excluding hydrogens is 318 g/mol. The molecule has 0 heterocycles. The summed E-state index contributed by atoms with van der Waals surface area (Å²) in [5, 5.41) is 0. The highest BCUT2D eigenvalue weighted by Crippen LogP contribution is 2.32. The largest absolute Gasteiger partial charge is 0.491 e. The molecule has 0 saturated heterocycles. The Labute approximate surface area is 151 Å². The van der Waals surface area contributed by atoms with E-state index in [9.17, 15) is 8.78 Å². The van der Waals surface area contributed by atoms with E-state index >= 15 is 0 Å². The molecule has 1 aromatic carbocycles. The number of halogens is 2. The molecule has 2 rings (SSSR count). The Morgan fingerprint density at radius 1 is 1.00 bits per heavy atom. The lowest BCUT2D eigenvalue weighted by molar-refractivity contribution is 0.294. The molecule has 0 atom stereocenters. The second-order valence-electron chi connectivity index (χ2n) is 7.01. The molecule has 0 amide bonds. The van der Waals surface area contributed by atoms with Crippen molar-refractivity contribution in [2.24, 2.45) is 11.8 Å². The van der Waals surface area contributed by atoms with Gasteiger partial charge in [0.15, 0.2) is 11.6 Å². The Kier molecular flexibility index (Phi) is 8.25. The topological polar surface area (TPSA) is 9.23 Å². The third kappa shape index (κ3) is 6.03. The summed E-state index contributed by atoms with van der Waals surface area (Å²) < 4.78 is 33.0. The fourth-order valence-corrected chi connectivity index (χ4v) is 3.53. The van der Waals surface area contributed by atoms with Gasteiger partial charge in [0.05, 0.1) is 12.2 Å². The SMILES string of the molecule is CCCCCC[C@H]1CC[C@H](C#Cc2ccc(OCC)c(F)c2F)CC1.